The summed E-state index contributed by atoms with van der Waals surface area (Å²) < 4.78 is 0.876. The summed E-state index contributed by atoms with van der Waals surface area (Å²) in [5.41, 5.74) is 0.952. The molecular weight excluding hydrogens is 322 g/mol. The summed E-state index contributed by atoms with van der Waals surface area (Å²) in [7, 11) is 0. The van der Waals surface area contributed by atoms with E-state index in [9.17, 15) is 9.59 Å². The first-order valence-electron chi connectivity index (χ1n) is 6.00. The molecule has 1 aromatic heterocycles. The van der Waals surface area contributed by atoms with Gasteiger partial charge in [0.15, 0.2) is 5.78 Å². The molecule has 20 heavy (non-hydrogen) atoms. The molecule has 0 saturated carbocycles. The van der Waals surface area contributed by atoms with Gasteiger partial charge in [0.2, 0.25) is 0 Å². The average molecular weight is 334 g/mol. The number of ketones is 1. The van der Waals surface area contributed by atoms with Gasteiger partial charge in [-0.2, -0.15) is 0 Å². The van der Waals surface area contributed by atoms with E-state index in [1.807, 2.05) is 0 Å². The Hall–Kier alpha value is -2.01. The number of carboxylic acids is 1. The number of carbonyl (C=O) groups is 2. The Morgan fingerprint density at radius 1 is 1.15 bits per heavy atom. The van der Waals surface area contributed by atoms with Crippen LogP contribution in [-0.2, 0) is 4.79 Å². The normalized spacial score (nSPS) is 11.8. The van der Waals surface area contributed by atoms with Crippen molar-refractivity contribution in [1.82, 2.24) is 4.98 Å². The molecule has 0 amide bonds. The Morgan fingerprint density at radius 2 is 1.85 bits per heavy atom. The largest absolute Gasteiger partial charge is 0.481 e. The van der Waals surface area contributed by atoms with Gasteiger partial charge in [-0.25, -0.2) is 0 Å². The summed E-state index contributed by atoms with van der Waals surface area (Å²) in [5, 5.41) is 9.01. The minimum atomic E-state index is -1.01. The Bertz CT molecular complexity index is 611. The van der Waals surface area contributed by atoms with Crippen molar-refractivity contribution in [3.8, 4) is 0 Å². The summed E-state index contributed by atoms with van der Waals surface area (Å²) in [5.74, 6) is -2.02. The second-order valence-electron chi connectivity index (χ2n) is 4.28. The van der Waals surface area contributed by atoms with Crippen molar-refractivity contribution in [1.29, 1.82) is 0 Å². The van der Waals surface area contributed by atoms with Crippen LogP contribution in [0.3, 0.4) is 0 Å². The van der Waals surface area contributed by atoms with Crippen LogP contribution in [0.25, 0.3) is 0 Å². The lowest BCUT2D eigenvalue weighted by atomic mass is 9.90. The Kier molecular flexibility index (Phi) is 4.63. The molecule has 1 atom stereocenters. The maximum atomic E-state index is 12.4. The van der Waals surface area contributed by atoms with Crippen molar-refractivity contribution in [3.05, 3.63) is 64.4 Å². The van der Waals surface area contributed by atoms with Crippen molar-refractivity contribution in [3.63, 3.8) is 0 Å². The van der Waals surface area contributed by atoms with Crippen molar-refractivity contribution in [2.24, 2.45) is 0 Å². The first-order valence-corrected chi connectivity index (χ1v) is 6.79. The van der Waals surface area contributed by atoms with Crippen molar-refractivity contribution in [2.75, 3.05) is 0 Å². The van der Waals surface area contributed by atoms with Gasteiger partial charge in [0.1, 0.15) is 5.69 Å². The van der Waals surface area contributed by atoms with E-state index in [-0.39, 0.29) is 17.9 Å². The van der Waals surface area contributed by atoms with E-state index in [1.165, 1.54) is 6.20 Å². The molecule has 1 aromatic carbocycles. The number of nitrogens with zero attached hydrogens (tertiary/aromatic N) is 1. The topological polar surface area (TPSA) is 67.3 Å². The Balaban J connectivity index is 2.35. The summed E-state index contributed by atoms with van der Waals surface area (Å²) in [6.45, 7) is 0. The highest BCUT2D eigenvalue weighted by molar-refractivity contribution is 9.10. The molecule has 0 bridgehead atoms. The summed E-state index contributed by atoms with van der Waals surface area (Å²) >= 11 is 3.31. The third kappa shape index (κ3) is 3.51. The molecule has 0 aliphatic carbocycles. The van der Waals surface area contributed by atoms with Gasteiger partial charge in [-0.05, 0) is 29.8 Å². The lowest BCUT2D eigenvalue weighted by Gasteiger charge is -2.14. The fourth-order valence-corrected chi connectivity index (χ4v) is 2.18. The van der Waals surface area contributed by atoms with Crippen LogP contribution < -0.4 is 0 Å². The summed E-state index contributed by atoms with van der Waals surface area (Å²) in [6, 6.07) is 12.1. The van der Waals surface area contributed by atoms with Gasteiger partial charge in [-0.3, -0.25) is 14.6 Å². The predicted molar refractivity (Wildman–Crippen MR) is 77.7 cm³/mol. The molecule has 0 aliphatic rings. The number of benzene rings is 1. The maximum Gasteiger partial charge on any atom is 0.304 e. The molecular formula is C15H12BrNO3. The lowest BCUT2D eigenvalue weighted by Crippen LogP contribution is -2.17. The zero-order valence-corrected chi connectivity index (χ0v) is 12.1. The quantitative estimate of drug-likeness (QED) is 0.852. The second-order valence-corrected chi connectivity index (χ2v) is 5.20. The van der Waals surface area contributed by atoms with E-state index in [0.29, 0.717) is 5.56 Å². The van der Waals surface area contributed by atoms with Crippen LogP contribution in [0.15, 0.2) is 53.1 Å². The average Bonchev–Trinajstić information content (AvgIpc) is 2.46. The van der Waals surface area contributed by atoms with E-state index < -0.39 is 11.9 Å². The number of aromatic nitrogens is 1. The highest BCUT2D eigenvalue weighted by Crippen LogP contribution is 2.25. The summed E-state index contributed by atoms with van der Waals surface area (Å²) in [4.78, 5) is 27.4. The zero-order valence-electron chi connectivity index (χ0n) is 10.5. The van der Waals surface area contributed by atoms with Crippen LogP contribution in [-0.4, -0.2) is 21.8 Å². The van der Waals surface area contributed by atoms with Crippen molar-refractivity contribution in [2.45, 2.75) is 12.3 Å². The van der Waals surface area contributed by atoms with Gasteiger partial charge in [-0.15, -0.1) is 0 Å². The van der Waals surface area contributed by atoms with E-state index in [2.05, 4.69) is 20.9 Å². The van der Waals surface area contributed by atoms with Gasteiger partial charge in [0.25, 0.3) is 0 Å². The molecule has 102 valence electrons. The molecule has 2 aromatic rings. The maximum absolute atomic E-state index is 12.4. The third-order valence-electron chi connectivity index (χ3n) is 2.88. The molecule has 1 unspecified atom stereocenters. The molecule has 1 N–H and O–H groups in total. The molecule has 2 rings (SSSR count). The minimum Gasteiger partial charge on any atom is -0.481 e. The lowest BCUT2D eigenvalue weighted by molar-refractivity contribution is -0.137. The monoisotopic (exact) mass is 333 g/mol. The van der Waals surface area contributed by atoms with Crippen molar-refractivity contribution < 1.29 is 14.7 Å². The Labute approximate surface area is 124 Å². The number of pyridine rings is 1. The van der Waals surface area contributed by atoms with Crippen LogP contribution in [0.4, 0.5) is 0 Å². The number of hydrogen-bond acceptors (Lipinski definition) is 3. The molecule has 0 saturated heterocycles. The van der Waals surface area contributed by atoms with Crippen LogP contribution in [0.2, 0.25) is 0 Å². The molecule has 4 nitrogen and oxygen atoms in total. The van der Waals surface area contributed by atoms with E-state index >= 15 is 0 Å². The first kappa shape index (κ1) is 14.4. The minimum absolute atomic E-state index is 0.253. The van der Waals surface area contributed by atoms with Crippen LogP contribution in [0, 0.1) is 0 Å². The molecule has 5 heteroatoms. The zero-order chi connectivity index (χ0) is 14.5. The van der Waals surface area contributed by atoms with Crippen LogP contribution in [0.5, 0.6) is 0 Å². The molecule has 0 spiro atoms. The highest BCUT2D eigenvalue weighted by atomic mass is 79.9. The molecule has 0 fully saturated rings. The fraction of sp³-hybridized carbons (Fsp3) is 0.133. The third-order valence-corrected chi connectivity index (χ3v) is 3.41. The number of rotatable bonds is 5. The first-order chi connectivity index (χ1) is 9.58. The van der Waals surface area contributed by atoms with Gasteiger partial charge >= 0.3 is 5.97 Å². The smallest absolute Gasteiger partial charge is 0.304 e. The summed E-state index contributed by atoms with van der Waals surface area (Å²) in [6.07, 6.45) is 1.27. The standard InChI is InChI=1S/C15H12BrNO3/c16-11-6-4-10(5-7-11)12(9-14(18)19)15(20)13-3-1-2-8-17-13/h1-8,12H,9H2,(H,18,19). The highest BCUT2D eigenvalue weighted by Gasteiger charge is 2.25. The van der Waals surface area contributed by atoms with Gasteiger partial charge < -0.3 is 5.11 Å². The van der Waals surface area contributed by atoms with Gasteiger partial charge in [-0.1, -0.05) is 34.1 Å². The van der Waals surface area contributed by atoms with Gasteiger partial charge in [0, 0.05) is 10.7 Å². The van der Waals surface area contributed by atoms with E-state index in [1.54, 1.807) is 42.5 Å². The number of hydrogen-bond donors (Lipinski definition) is 1. The van der Waals surface area contributed by atoms with Crippen LogP contribution >= 0.6 is 15.9 Å². The van der Waals surface area contributed by atoms with E-state index in [4.69, 9.17) is 5.11 Å². The van der Waals surface area contributed by atoms with Gasteiger partial charge in [0.05, 0.1) is 12.3 Å². The molecule has 0 radical (unpaired) electrons. The van der Waals surface area contributed by atoms with E-state index in [0.717, 1.165) is 4.47 Å². The number of Topliss-reactive ketones (excluding diaryl/α,β-unsaturated/α-hetero) is 1. The Morgan fingerprint density at radius 3 is 2.40 bits per heavy atom. The van der Waals surface area contributed by atoms with Crippen LogP contribution in [0.1, 0.15) is 28.4 Å². The SMILES string of the molecule is O=C(O)CC(C(=O)c1ccccn1)c1ccc(Br)cc1. The molecule has 1 heterocycles. The predicted octanol–water partition coefficient (Wildman–Crippen LogP) is 3.29. The number of carboxylic acid groups (broad SMARTS) is 1. The van der Waals surface area contributed by atoms with Crippen molar-refractivity contribution >= 4 is 27.7 Å². The fourth-order valence-electron chi connectivity index (χ4n) is 1.92. The number of aliphatic carboxylic acids is 1. The number of carbonyl (C=O) groups excluding carboxylic acids is 1. The second kappa shape index (κ2) is 6.43. The molecule has 0 aliphatic heterocycles. The number of halogens is 1.